The fourth-order valence-corrected chi connectivity index (χ4v) is 5.99. The third kappa shape index (κ3) is 7.06. The Kier molecular flexibility index (Phi) is 8.62. The van der Waals surface area contributed by atoms with Crippen LogP contribution in [0.2, 0.25) is 0 Å². The molecule has 2 atom stereocenters. The van der Waals surface area contributed by atoms with Crippen molar-refractivity contribution in [3.8, 4) is 5.75 Å². The summed E-state index contributed by atoms with van der Waals surface area (Å²) in [5.41, 5.74) is 3.83. The van der Waals surface area contributed by atoms with Crippen LogP contribution in [0, 0.1) is 12.8 Å². The minimum Gasteiger partial charge on any atom is -0.489 e. The predicted octanol–water partition coefficient (Wildman–Crippen LogP) is 3.10. The maximum atomic E-state index is 13.2. The summed E-state index contributed by atoms with van der Waals surface area (Å²) in [4.78, 5) is 31.0. The monoisotopic (exact) mass is 569 g/mol. The lowest BCUT2D eigenvalue weighted by molar-refractivity contribution is -0.135. The lowest BCUT2D eigenvalue weighted by Gasteiger charge is -2.38. The SMILES string of the molecule is Cc1cc(COc2ccc(S(=O)(=O)N[C@H]3CCN(C(=O)NC(C)(C)C)C[C@H]3C(=O)NO)cc2)c2ccccc2n1. The number of rotatable bonds is 7. The lowest BCUT2D eigenvalue weighted by atomic mass is 9.92. The van der Waals surface area contributed by atoms with Crippen molar-refractivity contribution >= 4 is 32.9 Å². The fourth-order valence-electron chi connectivity index (χ4n) is 4.68. The van der Waals surface area contributed by atoms with Crippen molar-refractivity contribution in [3.05, 3.63) is 65.9 Å². The van der Waals surface area contributed by atoms with Gasteiger partial charge >= 0.3 is 6.03 Å². The Balaban J connectivity index is 1.43. The van der Waals surface area contributed by atoms with Crippen LogP contribution in [-0.4, -0.2) is 60.1 Å². The zero-order valence-corrected chi connectivity index (χ0v) is 23.8. The Labute approximate surface area is 233 Å². The van der Waals surface area contributed by atoms with Crippen LogP contribution in [0.3, 0.4) is 0 Å². The molecule has 4 rings (SSSR count). The van der Waals surface area contributed by atoms with Crippen molar-refractivity contribution in [1.29, 1.82) is 0 Å². The van der Waals surface area contributed by atoms with Crippen LogP contribution in [0.5, 0.6) is 5.75 Å². The number of carbonyl (C=O) groups excluding carboxylic acids is 2. The van der Waals surface area contributed by atoms with E-state index in [1.54, 1.807) is 17.6 Å². The number of piperidine rings is 1. The first-order valence-corrected chi connectivity index (χ1v) is 14.5. The number of urea groups is 1. The molecule has 0 radical (unpaired) electrons. The van der Waals surface area contributed by atoms with Crippen molar-refractivity contribution in [2.24, 2.45) is 5.92 Å². The van der Waals surface area contributed by atoms with Crippen molar-refractivity contribution < 1.29 is 28.0 Å². The van der Waals surface area contributed by atoms with Crippen LogP contribution in [0.15, 0.2) is 59.5 Å². The highest BCUT2D eigenvalue weighted by molar-refractivity contribution is 7.89. The second kappa shape index (κ2) is 11.8. The number of aryl methyl sites for hydroxylation is 1. The molecule has 0 spiro atoms. The normalized spacial score (nSPS) is 17.9. The molecular weight excluding hydrogens is 534 g/mol. The number of fused-ring (bicyclic) bond motifs is 1. The number of amides is 3. The molecule has 2 aromatic carbocycles. The fraction of sp³-hybridized carbons (Fsp3) is 0.393. The van der Waals surface area contributed by atoms with Gasteiger partial charge in [0.25, 0.3) is 0 Å². The van der Waals surface area contributed by atoms with E-state index in [0.717, 1.165) is 22.2 Å². The Morgan fingerprint density at radius 2 is 1.82 bits per heavy atom. The topological polar surface area (TPSA) is 150 Å². The number of hydrogen-bond acceptors (Lipinski definition) is 7. The summed E-state index contributed by atoms with van der Waals surface area (Å²) < 4.78 is 34.9. The zero-order valence-electron chi connectivity index (χ0n) is 23.0. The van der Waals surface area contributed by atoms with Crippen LogP contribution in [-0.2, 0) is 21.4 Å². The molecule has 3 aromatic rings. The third-order valence-corrected chi connectivity index (χ3v) is 8.10. The molecule has 4 N–H and O–H groups in total. The highest BCUT2D eigenvalue weighted by Gasteiger charge is 2.39. The molecule has 0 aliphatic carbocycles. The van der Waals surface area contributed by atoms with Crippen molar-refractivity contribution in [2.75, 3.05) is 13.1 Å². The van der Waals surface area contributed by atoms with Gasteiger partial charge in [0.1, 0.15) is 12.4 Å². The smallest absolute Gasteiger partial charge is 0.317 e. The van der Waals surface area contributed by atoms with Gasteiger partial charge in [-0.3, -0.25) is 15.0 Å². The van der Waals surface area contributed by atoms with E-state index in [0.29, 0.717) is 5.75 Å². The second-order valence-electron chi connectivity index (χ2n) is 10.9. The van der Waals surface area contributed by atoms with E-state index >= 15 is 0 Å². The lowest BCUT2D eigenvalue weighted by Crippen LogP contribution is -2.59. The van der Waals surface area contributed by atoms with Crippen molar-refractivity contribution in [3.63, 3.8) is 0 Å². The molecule has 1 aromatic heterocycles. The molecule has 214 valence electrons. The standard InChI is InChI=1S/C28H35N5O6S/c1-18-15-19(22-7-5-6-8-24(22)29-18)17-39-20-9-11-21(12-10-20)40(37,38)32-25-13-14-33(16-23(25)26(34)31-36)27(35)30-28(2,3)4/h5-12,15,23,25,32,36H,13-14,16-17H2,1-4H3,(H,30,35)(H,31,34)/t23-,25+/m1/s1. The van der Waals surface area contributed by atoms with E-state index < -0.39 is 33.4 Å². The number of hydroxylamine groups is 1. The molecule has 11 nitrogen and oxygen atoms in total. The van der Waals surface area contributed by atoms with Gasteiger partial charge in [0.2, 0.25) is 15.9 Å². The molecule has 2 heterocycles. The Morgan fingerprint density at radius 1 is 1.12 bits per heavy atom. The van der Waals surface area contributed by atoms with Crippen LogP contribution in [0.25, 0.3) is 10.9 Å². The Hall–Kier alpha value is -3.74. The van der Waals surface area contributed by atoms with Gasteiger partial charge in [0.15, 0.2) is 0 Å². The van der Waals surface area contributed by atoms with E-state index in [-0.39, 0.29) is 37.0 Å². The van der Waals surface area contributed by atoms with E-state index in [4.69, 9.17) is 4.74 Å². The highest BCUT2D eigenvalue weighted by atomic mass is 32.2. The molecule has 40 heavy (non-hydrogen) atoms. The maximum Gasteiger partial charge on any atom is 0.317 e. The third-order valence-electron chi connectivity index (χ3n) is 6.59. The number of pyridine rings is 1. The van der Waals surface area contributed by atoms with Gasteiger partial charge in [-0.05, 0) is 70.5 Å². The minimum atomic E-state index is -4.01. The van der Waals surface area contributed by atoms with Crippen LogP contribution in [0.4, 0.5) is 4.79 Å². The molecule has 0 saturated carbocycles. The first-order chi connectivity index (χ1) is 18.9. The highest BCUT2D eigenvalue weighted by Crippen LogP contribution is 2.24. The van der Waals surface area contributed by atoms with Crippen molar-refractivity contribution in [1.82, 2.24) is 25.4 Å². The summed E-state index contributed by atoms with van der Waals surface area (Å²) >= 11 is 0. The number of sulfonamides is 1. The number of nitrogens with zero attached hydrogens (tertiary/aromatic N) is 2. The zero-order chi connectivity index (χ0) is 29.1. The van der Waals surface area contributed by atoms with Gasteiger partial charge in [0.05, 0.1) is 16.3 Å². The number of ether oxygens (including phenoxy) is 1. The van der Waals surface area contributed by atoms with E-state index in [1.165, 1.54) is 17.0 Å². The largest absolute Gasteiger partial charge is 0.489 e. The van der Waals surface area contributed by atoms with Crippen LogP contribution >= 0.6 is 0 Å². The summed E-state index contributed by atoms with van der Waals surface area (Å²) in [6, 6.07) is 14.6. The molecule has 0 unspecified atom stereocenters. The van der Waals surface area contributed by atoms with Gasteiger partial charge in [-0.1, -0.05) is 18.2 Å². The van der Waals surface area contributed by atoms with Gasteiger partial charge < -0.3 is 15.0 Å². The predicted molar refractivity (Wildman–Crippen MR) is 149 cm³/mol. The molecule has 1 aliphatic rings. The van der Waals surface area contributed by atoms with Gasteiger partial charge in [-0.2, -0.15) is 0 Å². The summed E-state index contributed by atoms with van der Waals surface area (Å²) in [5, 5.41) is 13.1. The number of carbonyl (C=O) groups is 2. The summed E-state index contributed by atoms with van der Waals surface area (Å²) in [6.45, 7) is 7.89. The van der Waals surface area contributed by atoms with E-state index in [1.807, 2.05) is 58.0 Å². The summed E-state index contributed by atoms with van der Waals surface area (Å²) in [5.74, 6) is -1.27. The number of nitrogens with one attached hydrogen (secondary N) is 3. The number of likely N-dealkylation sites (tertiary alicyclic amines) is 1. The first-order valence-electron chi connectivity index (χ1n) is 13.0. The molecule has 1 saturated heterocycles. The van der Waals surface area contributed by atoms with Gasteiger partial charge in [0, 0.05) is 41.3 Å². The van der Waals surface area contributed by atoms with Gasteiger partial charge in [-0.15, -0.1) is 0 Å². The number of para-hydroxylation sites is 1. The first kappa shape index (κ1) is 29.2. The molecule has 3 amide bonds. The molecule has 1 fully saturated rings. The number of aromatic nitrogens is 1. The Morgan fingerprint density at radius 3 is 2.50 bits per heavy atom. The van der Waals surface area contributed by atoms with E-state index in [2.05, 4.69) is 15.0 Å². The second-order valence-corrected chi connectivity index (χ2v) is 12.6. The molecular formula is C28H35N5O6S. The average molecular weight is 570 g/mol. The maximum absolute atomic E-state index is 13.2. The minimum absolute atomic E-state index is 0.00103. The molecule has 12 heteroatoms. The summed E-state index contributed by atoms with van der Waals surface area (Å²) in [6.07, 6.45) is 0.190. The van der Waals surface area contributed by atoms with E-state index in [9.17, 15) is 23.2 Å². The molecule has 1 aliphatic heterocycles. The quantitative estimate of drug-likeness (QED) is 0.252. The number of hydrogen-bond donors (Lipinski definition) is 4. The average Bonchev–Trinajstić information content (AvgIpc) is 2.90. The number of benzene rings is 2. The van der Waals surface area contributed by atoms with Crippen molar-refractivity contribution in [2.45, 2.75) is 57.2 Å². The van der Waals surface area contributed by atoms with Crippen LogP contribution < -0.4 is 20.3 Å². The Bertz CT molecular complexity index is 1490. The van der Waals surface area contributed by atoms with Crippen LogP contribution in [0.1, 0.15) is 38.4 Å². The molecule has 0 bridgehead atoms. The van der Waals surface area contributed by atoms with Gasteiger partial charge in [-0.25, -0.2) is 23.4 Å². The summed E-state index contributed by atoms with van der Waals surface area (Å²) in [7, 11) is -4.01.